The number of hydrogen-bond acceptors (Lipinski definition) is 2. The molecule has 2 nitrogen and oxygen atoms in total. The smallest absolute Gasteiger partial charge is 0.309 e. The van der Waals surface area contributed by atoms with Crippen molar-refractivity contribution in [1.82, 2.24) is 0 Å². The Labute approximate surface area is 55.2 Å². The third kappa shape index (κ3) is 0.934. The molecule has 0 spiro atoms. The summed E-state index contributed by atoms with van der Waals surface area (Å²) in [4.78, 5) is 10.8. The first-order chi connectivity index (χ1) is 4.04. The Morgan fingerprint density at radius 3 is 2.33 bits per heavy atom. The van der Waals surface area contributed by atoms with Crippen molar-refractivity contribution in [3.63, 3.8) is 0 Å². The van der Waals surface area contributed by atoms with Gasteiger partial charge in [-0.3, -0.25) is 4.79 Å². The average molecular weight is 128 g/mol. The van der Waals surface area contributed by atoms with E-state index in [1.54, 1.807) is 0 Å². The summed E-state index contributed by atoms with van der Waals surface area (Å²) in [5.41, 5.74) is 0.0527. The first kappa shape index (κ1) is 6.59. The molecule has 0 N–H and O–H groups in total. The van der Waals surface area contributed by atoms with Gasteiger partial charge in [0.05, 0.1) is 12.5 Å². The highest BCUT2D eigenvalue weighted by molar-refractivity contribution is 5.74. The fourth-order valence-electron chi connectivity index (χ4n) is 0.826. The first-order valence-corrected chi connectivity index (χ1v) is 3.21. The standard InChI is InChI=1S/C7H12O2/c1-5-6(8)9-4-7(5,2)3/h5H,4H2,1-3H3/t5-/m0/s1. The van der Waals surface area contributed by atoms with Gasteiger partial charge < -0.3 is 4.74 Å². The lowest BCUT2D eigenvalue weighted by atomic mass is 9.83. The summed E-state index contributed by atoms with van der Waals surface area (Å²) in [6.45, 7) is 6.58. The molecule has 0 aliphatic carbocycles. The molecule has 1 aliphatic rings. The Morgan fingerprint density at radius 2 is 2.22 bits per heavy atom. The highest BCUT2D eigenvalue weighted by atomic mass is 16.5. The molecule has 1 aliphatic heterocycles. The van der Waals surface area contributed by atoms with E-state index in [1.165, 1.54) is 0 Å². The summed E-state index contributed by atoms with van der Waals surface area (Å²) in [6, 6.07) is 0. The first-order valence-electron chi connectivity index (χ1n) is 3.21. The van der Waals surface area contributed by atoms with E-state index in [2.05, 4.69) is 0 Å². The summed E-state index contributed by atoms with van der Waals surface area (Å²) < 4.78 is 4.84. The third-order valence-electron chi connectivity index (χ3n) is 2.11. The van der Waals surface area contributed by atoms with Crippen molar-refractivity contribution < 1.29 is 9.53 Å². The van der Waals surface area contributed by atoms with E-state index in [4.69, 9.17) is 4.74 Å². The van der Waals surface area contributed by atoms with E-state index in [9.17, 15) is 4.79 Å². The van der Waals surface area contributed by atoms with Gasteiger partial charge in [-0.05, 0) is 0 Å². The van der Waals surface area contributed by atoms with Crippen LogP contribution in [-0.4, -0.2) is 12.6 Å². The Hall–Kier alpha value is -0.530. The minimum absolute atomic E-state index is 0.0527. The van der Waals surface area contributed by atoms with Crippen molar-refractivity contribution >= 4 is 5.97 Å². The molecular weight excluding hydrogens is 116 g/mol. The van der Waals surface area contributed by atoms with E-state index in [-0.39, 0.29) is 17.3 Å². The average Bonchev–Trinajstić information content (AvgIpc) is 1.97. The second-order valence-corrected chi connectivity index (χ2v) is 3.32. The maximum Gasteiger partial charge on any atom is 0.309 e. The summed E-state index contributed by atoms with van der Waals surface area (Å²) in [5, 5.41) is 0. The Kier molecular flexibility index (Phi) is 1.26. The van der Waals surface area contributed by atoms with Crippen LogP contribution >= 0.6 is 0 Å². The van der Waals surface area contributed by atoms with Crippen LogP contribution in [0.15, 0.2) is 0 Å². The van der Waals surface area contributed by atoms with Gasteiger partial charge in [0.25, 0.3) is 0 Å². The van der Waals surface area contributed by atoms with Crippen LogP contribution in [0.5, 0.6) is 0 Å². The van der Waals surface area contributed by atoms with E-state index >= 15 is 0 Å². The monoisotopic (exact) mass is 128 g/mol. The summed E-state index contributed by atoms with van der Waals surface area (Å²) in [7, 11) is 0. The number of esters is 1. The van der Waals surface area contributed by atoms with E-state index in [0.717, 1.165) is 0 Å². The van der Waals surface area contributed by atoms with Crippen molar-refractivity contribution in [3.05, 3.63) is 0 Å². The predicted molar refractivity (Wildman–Crippen MR) is 33.9 cm³/mol. The molecule has 0 aromatic heterocycles. The number of hydrogen-bond donors (Lipinski definition) is 0. The summed E-state index contributed by atoms with van der Waals surface area (Å²) in [5.74, 6) is 0.0116. The zero-order valence-electron chi connectivity index (χ0n) is 6.10. The van der Waals surface area contributed by atoms with Gasteiger partial charge >= 0.3 is 5.97 Å². The van der Waals surface area contributed by atoms with Crippen LogP contribution in [0.2, 0.25) is 0 Å². The summed E-state index contributed by atoms with van der Waals surface area (Å²) >= 11 is 0. The molecule has 0 amide bonds. The molecule has 0 radical (unpaired) electrons. The molecule has 1 heterocycles. The van der Waals surface area contributed by atoms with Crippen LogP contribution in [0.1, 0.15) is 20.8 Å². The molecule has 0 aromatic rings. The molecule has 1 fully saturated rings. The minimum Gasteiger partial charge on any atom is -0.465 e. The topological polar surface area (TPSA) is 26.3 Å². The van der Waals surface area contributed by atoms with Crippen LogP contribution in [0, 0.1) is 11.3 Å². The lowest BCUT2D eigenvalue weighted by Gasteiger charge is -2.16. The van der Waals surface area contributed by atoms with Gasteiger partial charge in [0.2, 0.25) is 0 Å². The lowest BCUT2D eigenvalue weighted by molar-refractivity contribution is -0.140. The van der Waals surface area contributed by atoms with Gasteiger partial charge in [-0.15, -0.1) is 0 Å². The molecule has 9 heavy (non-hydrogen) atoms. The van der Waals surface area contributed by atoms with Gasteiger partial charge in [-0.1, -0.05) is 20.8 Å². The highest BCUT2D eigenvalue weighted by Crippen LogP contribution is 2.33. The van der Waals surface area contributed by atoms with Crippen LogP contribution in [0.4, 0.5) is 0 Å². The van der Waals surface area contributed by atoms with Crippen LogP contribution in [-0.2, 0) is 9.53 Å². The molecule has 0 aromatic carbocycles. The molecule has 1 saturated heterocycles. The van der Waals surface area contributed by atoms with Crippen molar-refractivity contribution in [2.45, 2.75) is 20.8 Å². The quantitative estimate of drug-likeness (QED) is 0.458. The van der Waals surface area contributed by atoms with Crippen LogP contribution in [0.3, 0.4) is 0 Å². The molecule has 2 heteroatoms. The number of carbonyl (C=O) groups excluding carboxylic acids is 1. The molecule has 1 rings (SSSR count). The van der Waals surface area contributed by atoms with Gasteiger partial charge in [0, 0.05) is 5.41 Å². The number of ether oxygens (including phenoxy) is 1. The molecule has 0 bridgehead atoms. The van der Waals surface area contributed by atoms with Crippen molar-refractivity contribution in [2.24, 2.45) is 11.3 Å². The summed E-state index contributed by atoms with van der Waals surface area (Å²) in [6.07, 6.45) is 0. The van der Waals surface area contributed by atoms with Gasteiger partial charge in [0.15, 0.2) is 0 Å². The lowest BCUT2D eigenvalue weighted by Crippen LogP contribution is -2.20. The van der Waals surface area contributed by atoms with Crippen LogP contribution in [0.25, 0.3) is 0 Å². The van der Waals surface area contributed by atoms with Crippen LogP contribution < -0.4 is 0 Å². The Bertz CT molecular complexity index is 138. The molecule has 0 saturated carbocycles. The second kappa shape index (κ2) is 1.72. The van der Waals surface area contributed by atoms with Gasteiger partial charge in [-0.2, -0.15) is 0 Å². The highest BCUT2D eigenvalue weighted by Gasteiger charge is 2.39. The molecule has 1 atom stereocenters. The molecule has 52 valence electrons. The zero-order chi connectivity index (χ0) is 7.07. The zero-order valence-corrected chi connectivity index (χ0v) is 6.10. The Balaban J connectivity index is 2.73. The fraction of sp³-hybridized carbons (Fsp3) is 0.857. The predicted octanol–water partition coefficient (Wildman–Crippen LogP) is 1.21. The molecular formula is C7H12O2. The van der Waals surface area contributed by atoms with Crippen molar-refractivity contribution in [2.75, 3.05) is 6.61 Å². The third-order valence-corrected chi connectivity index (χ3v) is 2.11. The van der Waals surface area contributed by atoms with Gasteiger partial charge in [-0.25, -0.2) is 0 Å². The van der Waals surface area contributed by atoms with Gasteiger partial charge in [0.1, 0.15) is 0 Å². The molecule has 0 unspecified atom stereocenters. The number of cyclic esters (lactones) is 1. The SMILES string of the molecule is C[C@H]1C(=O)OCC1(C)C. The maximum absolute atomic E-state index is 10.8. The van der Waals surface area contributed by atoms with E-state index < -0.39 is 0 Å². The number of carbonyl (C=O) groups is 1. The minimum atomic E-state index is -0.0556. The Morgan fingerprint density at radius 1 is 1.67 bits per heavy atom. The largest absolute Gasteiger partial charge is 0.465 e. The van der Waals surface area contributed by atoms with Crippen molar-refractivity contribution in [3.8, 4) is 0 Å². The fourth-order valence-corrected chi connectivity index (χ4v) is 0.826. The van der Waals surface area contributed by atoms with E-state index in [1.807, 2.05) is 20.8 Å². The normalized spacial score (nSPS) is 32.3. The second-order valence-electron chi connectivity index (χ2n) is 3.32. The van der Waals surface area contributed by atoms with E-state index in [0.29, 0.717) is 6.61 Å². The number of rotatable bonds is 0. The van der Waals surface area contributed by atoms with Crippen molar-refractivity contribution in [1.29, 1.82) is 0 Å². The maximum atomic E-state index is 10.8.